The zero-order valence-electron chi connectivity index (χ0n) is 10.2. The van der Waals surface area contributed by atoms with Crippen LogP contribution >= 0.6 is 11.3 Å². The predicted molar refractivity (Wildman–Crippen MR) is 71.0 cm³/mol. The maximum Gasteiger partial charge on any atom is 0.0809 e. The van der Waals surface area contributed by atoms with Gasteiger partial charge in [0.1, 0.15) is 0 Å². The second kappa shape index (κ2) is 9.82. The van der Waals surface area contributed by atoms with Gasteiger partial charge in [-0.2, -0.15) is 0 Å². The topological polar surface area (TPSA) is 21.3 Å². The Labute approximate surface area is 103 Å². The van der Waals surface area contributed by atoms with Crippen LogP contribution in [0.2, 0.25) is 0 Å². The van der Waals surface area contributed by atoms with Crippen molar-refractivity contribution in [3.05, 3.63) is 22.4 Å². The zero-order valence-corrected chi connectivity index (χ0v) is 11.0. The molecule has 0 aliphatic carbocycles. The molecule has 1 aromatic rings. The van der Waals surface area contributed by atoms with E-state index in [1.807, 2.05) is 0 Å². The summed E-state index contributed by atoms with van der Waals surface area (Å²) in [5.41, 5.74) is 0. The molecule has 0 aliphatic heterocycles. The van der Waals surface area contributed by atoms with Gasteiger partial charge in [-0.25, -0.2) is 0 Å². The average Bonchev–Trinajstić information content (AvgIpc) is 2.80. The van der Waals surface area contributed by atoms with Gasteiger partial charge in [-0.15, -0.1) is 11.3 Å². The third-order valence-corrected chi connectivity index (χ3v) is 3.32. The number of hydrogen-bond donors (Lipinski definition) is 1. The molecule has 0 bridgehead atoms. The maximum atomic E-state index is 5.60. The van der Waals surface area contributed by atoms with Gasteiger partial charge >= 0.3 is 0 Å². The van der Waals surface area contributed by atoms with Gasteiger partial charge < -0.3 is 10.1 Å². The number of nitrogens with one attached hydrogen (secondary N) is 1. The molecular weight excluding hydrogens is 218 g/mol. The van der Waals surface area contributed by atoms with Crippen LogP contribution in [0.15, 0.2) is 17.5 Å². The van der Waals surface area contributed by atoms with E-state index in [1.165, 1.54) is 30.6 Å². The van der Waals surface area contributed by atoms with Crippen LogP contribution in [0.3, 0.4) is 0 Å². The van der Waals surface area contributed by atoms with Gasteiger partial charge in [0, 0.05) is 11.5 Å². The van der Waals surface area contributed by atoms with Crippen LogP contribution in [0.4, 0.5) is 0 Å². The molecule has 0 spiro atoms. The monoisotopic (exact) mass is 241 g/mol. The molecule has 0 radical (unpaired) electrons. The molecule has 0 saturated heterocycles. The average molecular weight is 241 g/mol. The molecule has 1 N–H and O–H groups in total. The van der Waals surface area contributed by atoms with Crippen molar-refractivity contribution in [1.29, 1.82) is 0 Å². The second-order valence-electron chi connectivity index (χ2n) is 3.90. The molecule has 0 fully saturated rings. The molecule has 0 aliphatic rings. The molecule has 0 unspecified atom stereocenters. The second-order valence-corrected chi connectivity index (χ2v) is 4.93. The molecule has 1 aromatic heterocycles. The van der Waals surface area contributed by atoms with Crippen molar-refractivity contribution >= 4 is 11.3 Å². The molecule has 0 saturated carbocycles. The smallest absolute Gasteiger partial charge is 0.0809 e. The standard InChI is InChI=1S/C13H23NOS/c1-2-14-9-5-3-4-6-10-15-12-13-8-7-11-16-13/h7-8,11,14H,2-6,9-10,12H2,1H3. The normalized spacial score (nSPS) is 10.8. The lowest BCUT2D eigenvalue weighted by Crippen LogP contribution is -2.13. The first-order valence-corrected chi connectivity index (χ1v) is 7.12. The van der Waals surface area contributed by atoms with E-state index in [4.69, 9.17) is 4.74 Å². The lowest BCUT2D eigenvalue weighted by atomic mass is 10.2. The predicted octanol–water partition coefficient (Wildman–Crippen LogP) is 3.43. The molecule has 0 aromatic carbocycles. The van der Waals surface area contributed by atoms with Crippen molar-refractivity contribution in [2.24, 2.45) is 0 Å². The third-order valence-electron chi connectivity index (χ3n) is 2.47. The summed E-state index contributed by atoms with van der Waals surface area (Å²) < 4.78 is 5.60. The van der Waals surface area contributed by atoms with Gasteiger partial charge in [0.2, 0.25) is 0 Å². The summed E-state index contributed by atoms with van der Waals surface area (Å²) in [6.45, 7) is 6.09. The van der Waals surface area contributed by atoms with Crippen LogP contribution in [0.25, 0.3) is 0 Å². The Hall–Kier alpha value is -0.380. The van der Waals surface area contributed by atoms with E-state index in [0.29, 0.717) is 0 Å². The molecule has 1 heterocycles. The van der Waals surface area contributed by atoms with Crippen LogP contribution in [0, 0.1) is 0 Å². The van der Waals surface area contributed by atoms with Crippen LogP contribution in [0.5, 0.6) is 0 Å². The van der Waals surface area contributed by atoms with E-state index in [0.717, 1.165) is 26.3 Å². The van der Waals surface area contributed by atoms with Crippen molar-refractivity contribution in [2.75, 3.05) is 19.7 Å². The zero-order chi connectivity index (χ0) is 11.5. The third kappa shape index (κ3) is 6.99. The Bertz CT molecular complexity index is 236. The lowest BCUT2D eigenvalue weighted by Gasteiger charge is -2.03. The summed E-state index contributed by atoms with van der Waals surface area (Å²) in [5, 5.41) is 5.44. The van der Waals surface area contributed by atoms with E-state index in [9.17, 15) is 0 Å². The van der Waals surface area contributed by atoms with Gasteiger partial charge in [-0.1, -0.05) is 25.8 Å². The van der Waals surface area contributed by atoms with E-state index in [-0.39, 0.29) is 0 Å². The van der Waals surface area contributed by atoms with Gasteiger partial charge in [0.15, 0.2) is 0 Å². The van der Waals surface area contributed by atoms with E-state index < -0.39 is 0 Å². The fraction of sp³-hybridized carbons (Fsp3) is 0.692. The molecule has 1 rings (SSSR count). The Kier molecular flexibility index (Phi) is 8.40. The number of ether oxygens (including phenoxy) is 1. The number of thiophene rings is 1. The Morgan fingerprint density at radius 3 is 2.88 bits per heavy atom. The first kappa shape index (κ1) is 13.7. The van der Waals surface area contributed by atoms with Crippen molar-refractivity contribution in [2.45, 2.75) is 39.2 Å². The van der Waals surface area contributed by atoms with Crippen molar-refractivity contribution < 1.29 is 4.74 Å². The first-order chi connectivity index (χ1) is 7.93. The highest BCUT2D eigenvalue weighted by molar-refractivity contribution is 7.09. The fourth-order valence-electron chi connectivity index (χ4n) is 1.55. The summed E-state index contributed by atoms with van der Waals surface area (Å²) >= 11 is 1.77. The first-order valence-electron chi connectivity index (χ1n) is 6.24. The number of hydrogen-bond acceptors (Lipinski definition) is 3. The highest BCUT2D eigenvalue weighted by Crippen LogP contribution is 2.10. The Balaban J connectivity index is 1.78. The molecule has 92 valence electrons. The molecule has 0 amide bonds. The quantitative estimate of drug-likeness (QED) is 0.634. The van der Waals surface area contributed by atoms with Crippen LogP contribution in [-0.2, 0) is 11.3 Å². The minimum Gasteiger partial charge on any atom is -0.376 e. The van der Waals surface area contributed by atoms with E-state index >= 15 is 0 Å². The van der Waals surface area contributed by atoms with E-state index in [1.54, 1.807) is 11.3 Å². The SMILES string of the molecule is CCNCCCCCCOCc1cccs1. The molecule has 2 nitrogen and oxygen atoms in total. The minimum absolute atomic E-state index is 0.787. The number of unbranched alkanes of at least 4 members (excludes halogenated alkanes) is 3. The highest BCUT2D eigenvalue weighted by Gasteiger charge is 1.94. The summed E-state index contributed by atoms with van der Waals surface area (Å²) in [4.78, 5) is 1.33. The molecule has 16 heavy (non-hydrogen) atoms. The van der Waals surface area contributed by atoms with Crippen molar-refractivity contribution in [1.82, 2.24) is 5.32 Å². The summed E-state index contributed by atoms with van der Waals surface area (Å²) in [6, 6.07) is 4.20. The Morgan fingerprint density at radius 2 is 2.12 bits per heavy atom. The Morgan fingerprint density at radius 1 is 1.25 bits per heavy atom. The fourth-order valence-corrected chi connectivity index (χ4v) is 2.19. The summed E-state index contributed by atoms with van der Waals surface area (Å²) in [5.74, 6) is 0. The maximum absolute atomic E-state index is 5.60. The lowest BCUT2D eigenvalue weighted by molar-refractivity contribution is 0.119. The van der Waals surface area contributed by atoms with Gasteiger partial charge in [0.25, 0.3) is 0 Å². The van der Waals surface area contributed by atoms with Gasteiger partial charge in [0.05, 0.1) is 6.61 Å². The van der Waals surface area contributed by atoms with E-state index in [2.05, 4.69) is 29.8 Å². The van der Waals surface area contributed by atoms with Crippen LogP contribution in [-0.4, -0.2) is 19.7 Å². The molecular formula is C13H23NOS. The number of rotatable bonds is 10. The van der Waals surface area contributed by atoms with Crippen molar-refractivity contribution in [3.8, 4) is 0 Å². The van der Waals surface area contributed by atoms with Crippen LogP contribution < -0.4 is 5.32 Å². The molecule has 3 heteroatoms. The summed E-state index contributed by atoms with van der Waals surface area (Å²) in [6.07, 6.45) is 5.08. The van der Waals surface area contributed by atoms with Crippen molar-refractivity contribution in [3.63, 3.8) is 0 Å². The van der Waals surface area contributed by atoms with Gasteiger partial charge in [-0.3, -0.25) is 0 Å². The van der Waals surface area contributed by atoms with Crippen LogP contribution in [0.1, 0.15) is 37.5 Å². The highest BCUT2D eigenvalue weighted by atomic mass is 32.1. The molecule has 0 atom stereocenters. The summed E-state index contributed by atoms with van der Waals surface area (Å²) in [7, 11) is 0. The largest absolute Gasteiger partial charge is 0.376 e. The minimum atomic E-state index is 0.787. The van der Waals surface area contributed by atoms with Gasteiger partial charge in [-0.05, 0) is 37.4 Å².